The molecule has 0 radical (unpaired) electrons. The number of hydrogen-bond donors (Lipinski definition) is 2. The first-order valence-electron chi connectivity index (χ1n) is 8.12. The molecule has 6 nitrogen and oxygen atoms in total. The summed E-state index contributed by atoms with van der Waals surface area (Å²) in [5.74, 6) is -0.361. The summed E-state index contributed by atoms with van der Waals surface area (Å²) in [4.78, 5) is 14.6. The highest BCUT2D eigenvalue weighted by atomic mass is 19.1. The molecule has 0 spiro atoms. The van der Waals surface area contributed by atoms with E-state index in [2.05, 4.69) is 5.32 Å². The van der Waals surface area contributed by atoms with Crippen LogP contribution in [0.4, 0.5) is 4.39 Å². The average Bonchev–Trinajstić information content (AvgIpc) is 3.07. The normalized spacial score (nSPS) is 26.8. The molecule has 0 unspecified atom stereocenters. The molecule has 2 aliphatic heterocycles. The Bertz CT molecular complexity index is 639. The summed E-state index contributed by atoms with van der Waals surface area (Å²) in [5.41, 5.74) is 0.105. The number of carbonyl (C=O) groups is 1. The van der Waals surface area contributed by atoms with Crippen LogP contribution in [0.5, 0.6) is 5.75 Å². The van der Waals surface area contributed by atoms with Crippen molar-refractivity contribution in [2.45, 2.75) is 24.9 Å². The lowest BCUT2D eigenvalue weighted by Crippen LogP contribution is -2.65. The molecule has 2 heterocycles. The predicted octanol–water partition coefficient (Wildman–Crippen LogP) is 0.572. The van der Waals surface area contributed by atoms with E-state index < -0.39 is 5.54 Å². The number of rotatable bonds is 4. The van der Waals surface area contributed by atoms with Crippen molar-refractivity contribution in [2.24, 2.45) is 0 Å². The lowest BCUT2D eigenvalue weighted by atomic mass is 9.95. The van der Waals surface area contributed by atoms with Crippen LogP contribution in [-0.2, 0) is 11.2 Å². The Morgan fingerprint density at radius 2 is 2.33 bits per heavy atom. The number of aliphatic hydroxyl groups excluding tert-OH is 1. The Labute approximate surface area is 140 Å². The lowest BCUT2D eigenvalue weighted by Gasteiger charge is -2.47. The molecular weight excluding hydrogens is 315 g/mol. The highest BCUT2D eigenvalue weighted by molar-refractivity contribution is 5.97. The number of benzene rings is 1. The zero-order valence-electron chi connectivity index (χ0n) is 14.0. The van der Waals surface area contributed by atoms with Crippen LogP contribution in [0.15, 0.2) is 12.1 Å². The maximum Gasteiger partial charge on any atom is 0.255 e. The molecule has 1 fully saturated rings. The van der Waals surface area contributed by atoms with Crippen molar-refractivity contribution in [1.29, 1.82) is 0 Å². The highest BCUT2D eigenvalue weighted by Gasteiger charge is 2.40. The third-order valence-corrected chi connectivity index (χ3v) is 5.06. The van der Waals surface area contributed by atoms with Crippen molar-refractivity contribution in [3.63, 3.8) is 0 Å². The van der Waals surface area contributed by atoms with Crippen molar-refractivity contribution >= 4 is 5.91 Å². The Hall–Kier alpha value is -1.70. The molecule has 1 aromatic rings. The van der Waals surface area contributed by atoms with Gasteiger partial charge in [0.1, 0.15) is 11.6 Å². The second-order valence-electron chi connectivity index (χ2n) is 6.54. The standard InChI is InChI=1S/C17H23FN2O4/c1-11-7-23-10-17(9-21,20(11)2)8-19-16(22)13-3-4-14(18)12-5-6-24-15(12)13/h3-4,11,21H,5-10H2,1-2H3,(H,19,22)/t11-,17+/m1/s1. The number of amides is 1. The lowest BCUT2D eigenvalue weighted by molar-refractivity contribution is -0.105. The second kappa shape index (κ2) is 6.66. The van der Waals surface area contributed by atoms with Crippen LogP contribution in [0.25, 0.3) is 0 Å². The number of morpholine rings is 1. The summed E-state index contributed by atoms with van der Waals surface area (Å²) >= 11 is 0. The number of nitrogens with zero attached hydrogens (tertiary/aromatic N) is 1. The Morgan fingerprint density at radius 1 is 1.54 bits per heavy atom. The summed E-state index contributed by atoms with van der Waals surface area (Å²) in [6.45, 7) is 3.41. The Kier molecular flexibility index (Phi) is 4.76. The van der Waals surface area contributed by atoms with E-state index in [-0.39, 0.29) is 30.9 Å². The van der Waals surface area contributed by atoms with Gasteiger partial charge in [-0.2, -0.15) is 0 Å². The van der Waals surface area contributed by atoms with Gasteiger partial charge in [0.25, 0.3) is 5.91 Å². The second-order valence-corrected chi connectivity index (χ2v) is 6.54. The van der Waals surface area contributed by atoms with Gasteiger partial charge in [-0.15, -0.1) is 0 Å². The van der Waals surface area contributed by atoms with Crippen LogP contribution in [0.1, 0.15) is 22.8 Å². The van der Waals surface area contributed by atoms with E-state index in [0.717, 1.165) is 0 Å². The van der Waals surface area contributed by atoms with Crippen molar-refractivity contribution in [2.75, 3.05) is 40.0 Å². The fraction of sp³-hybridized carbons (Fsp3) is 0.588. The van der Waals surface area contributed by atoms with Gasteiger partial charge in [0.05, 0.1) is 37.5 Å². The maximum atomic E-state index is 13.8. The zero-order valence-corrected chi connectivity index (χ0v) is 14.0. The molecule has 3 rings (SSSR count). The van der Waals surface area contributed by atoms with Gasteiger partial charge in [-0.25, -0.2) is 4.39 Å². The van der Waals surface area contributed by atoms with E-state index in [4.69, 9.17) is 9.47 Å². The third-order valence-electron chi connectivity index (χ3n) is 5.06. The van der Waals surface area contributed by atoms with Crippen molar-refractivity contribution in [3.8, 4) is 5.75 Å². The Balaban J connectivity index is 1.75. The first kappa shape index (κ1) is 17.1. The molecule has 0 saturated carbocycles. The van der Waals surface area contributed by atoms with E-state index in [0.29, 0.717) is 43.1 Å². The minimum absolute atomic E-state index is 0.133. The molecule has 7 heteroatoms. The molecular formula is C17H23FN2O4. The summed E-state index contributed by atoms with van der Waals surface area (Å²) in [6, 6.07) is 2.87. The monoisotopic (exact) mass is 338 g/mol. The van der Waals surface area contributed by atoms with Crippen molar-refractivity contribution < 1.29 is 23.8 Å². The van der Waals surface area contributed by atoms with Crippen LogP contribution in [0, 0.1) is 5.82 Å². The van der Waals surface area contributed by atoms with E-state index in [9.17, 15) is 14.3 Å². The van der Waals surface area contributed by atoms with Crippen LogP contribution in [0.3, 0.4) is 0 Å². The topological polar surface area (TPSA) is 71.0 Å². The van der Waals surface area contributed by atoms with Gasteiger partial charge >= 0.3 is 0 Å². The number of nitrogens with one attached hydrogen (secondary N) is 1. The number of hydrogen-bond acceptors (Lipinski definition) is 5. The smallest absolute Gasteiger partial charge is 0.255 e. The summed E-state index contributed by atoms with van der Waals surface area (Å²) in [5, 5.41) is 12.7. The average molecular weight is 338 g/mol. The molecule has 1 saturated heterocycles. The van der Waals surface area contributed by atoms with Gasteiger partial charge < -0.3 is 19.9 Å². The summed E-state index contributed by atoms with van der Waals surface area (Å²) < 4.78 is 24.7. The number of carbonyl (C=O) groups excluding carboxylic acids is 1. The van der Waals surface area contributed by atoms with Crippen molar-refractivity contribution in [1.82, 2.24) is 10.2 Å². The van der Waals surface area contributed by atoms with Gasteiger partial charge in [-0.1, -0.05) is 0 Å². The highest BCUT2D eigenvalue weighted by Crippen LogP contribution is 2.32. The minimum Gasteiger partial charge on any atom is -0.492 e. The molecule has 2 atom stereocenters. The SMILES string of the molecule is C[C@@H]1COC[C@@](CO)(CNC(=O)c2ccc(F)c3c2OCC3)N1C. The van der Waals surface area contributed by atoms with Gasteiger partial charge in [-0.05, 0) is 26.1 Å². The van der Waals surface area contributed by atoms with Gasteiger partial charge in [0.2, 0.25) is 0 Å². The van der Waals surface area contributed by atoms with E-state index in [1.54, 1.807) is 0 Å². The molecule has 1 amide bonds. The minimum atomic E-state index is -0.669. The van der Waals surface area contributed by atoms with Crippen LogP contribution < -0.4 is 10.1 Å². The first-order valence-corrected chi connectivity index (χ1v) is 8.12. The molecule has 2 aliphatic rings. The van der Waals surface area contributed by atoms with E-state index in [1.165, 1.54) is 12.1 Å². The van der Waals surface area contributed by atoms with Crippen molar-refractivity contribution in [3.05, 3.63) is 29.1 Å². The largest absolute Gasteiger partial charge is 0.492 e. The fourth-order valence-electron chi connectivity index (χ4n) is 3.27. The predicted molar refractivity (Wildman–Crippen MR) is 85.8 cm³/mol. The third kappa shape index (κ3) is 2.87. The van der Waals surface area contributed by atoms with E-state index >= 15 is 0 Å². The molecule has 0 aromatic heterocycles. The quantitative estimate of drug-likeness (QED) is 0.840. The van der Waals surface area contributed by atoms with Crippen LogP contribution in [0.2, 0.25) is 0 Å². The fourth-order valence-corrected chi connectivity index (χ4v) is 3.27. The van der Waals surface area contributed by atoms with E-state index in [1.807, 2.05) is 18.9 Å². The Morgan fingerprint density at radius 3 is 3.08 bits per heavy atom. The van der Waals surface area contributed by atoms with Gasteiger partial charge in [-0.3, -0.25) is 9.69 Å². The number of halogens is 1. The number of ether oxygens (including phenoxy) is 2. The maximum absolute atomic E-state index is 13.8. The molecule has 132 valence electrons. The van der Waals surface area contributed by atoms with Gasteiger partial charge in [0, 0.05) is 24.6 Å². The first-order chi connectivity index (χ1) is 11.5. The van der Waals surface area contributed by atoms with Crippen LogP contribution in [-0.4, -0.2) is 67.5 Å². The molecule has 0 aliphatic carbocycles. The molecule has 2 N–H and O–H groups in total. The summed E-state index contributed by atoms with van der Waals surface area (Å²) in [7, 11) is 1.91. The molecule has 24 heavy (non-hydrogen) atoms. The number of aliphatic hydroxyl groups is 1. The number of likely N-dealkylation sites (N-methyl/N-ethyl adjacent to an activating group) is 1. The van der Waals surface area contributed by atoms with Crippen LogP contribution >= 0.6 is 0 Å². The molecule has 1 aromatic carbocycles. The van der Waals surface area contributed by atoms with Gasteiger partial charge in [0.15, 0.2) is 0 Å². The molecule has 0 bridgehead atoms. The summed E-state index contributed by atoms with van der Waals surface area (Å²) in [6.07, 6.45) is 0.469. The zero-order chi connectivity index (χ0) is 17.3. The number of fused-ring (bicyclic) bond motifs is 1.